The Morgan fingerprint density at radius 3 is 2.63 bits per heavy atom. The van der Waals surface area contributed by atoms with E-state index in [0.29, 0.717) is 11.6 Å². The van der Waals surface area contributed by atoms with E-state index >= 15 is 0 Å². The lowest BCUT2D eigenvalue weighted by Gasteiger charge is -2.33. The van der Waals surface area contributed by atoms with Gasteiger partial charge in [-0.3, -0.25) is 14.8 Å². The fourth-order valence-electron chi connectivity index (χ4n) is 6.13. The summed E-state index contributed by atoms with van der Waals surface area (Å²) in [4.78, 5) is 2.19. The number of hydrogen-bond acceptors (Lipinski definition) is 6. The monoisotopic (exact) mass is 525 g/mol. The highest BCUT2D eigenvalue weighted by atomic mass is 19.3. The van der Waals surface area contributed by atoms with E-state index in [2.05, 4.69) is 25.1 Å². The molecule has 0 unspecified atom stereocenters. The topological polar surface area (TPSA) is 63.4 Å². The third-order valence-electron chi connectivity index (χ3n) is 8.22. The molecule has 8 nitrogen and oxygen atoms in total. The Morgan fingerprint density at radius 2 is 1.92 bits per heavy atom. The molecule has 1 saturated heterocycles. The zero-order valence-electron chi connectivity index (χ0n) is 22.5. The maximum Gasteiger partial charge on any atom is 0.264 e. The van der Waals surface area contributed by atoms with Crippen LogP contribution in [0.2, 0.25) is 0 Å². The summed E-state index contributed by atoms with van der Waals surface area (Å²) in [6.07, 6.45) is 5.58. The van der Waals surface area contributed by atoms with Crippen molar-refractivity contribution in [2.75, 3.05) is 38.3 Å². The smallest absolute Gasteiger partial charge is 0.264 e. The van der Waals surface area contributed by atoms with E-state index in [4.69, 9.17) is 9.84 Å². The minimum Gasteiger partial charge on any atom is -0.381 e. The summed E-state index contributed by atoms with van der Waals surface area (Å²) in [5.74, 6) is 0.910. The number of fused-ring (bicyclic) bond motifs is 2. The van der Waals surface area contributed by atoms with Gasteiger partial charge in [0, 0.05) is 79.6 Å². The Bertz CT molecular complexity index is 1290. The number of hydrogen-bond donors (Lipinski definition) is 1. The Labute approximate surface area is 222 Å². The van der Waals surface area contributed by atoms with Gasteiger partial charge in [0.2, 0.25) is 0 Å². The van der Waals surface area contributed by atoms with Crippen LogP contribution in [0.1, 0.15) is 74.0 Å². The molecule has 3 aliphatic rings. The molecule has 3 aliphatic heterocycles. The zero-order chi connectivity index (χ0) is 26.4. The van der Waals surface area contributed by atoms with Gasteiger partial charge in [0.15, 0.2) is 5.82 Å². The zero-order valence-corrected chi connectivity index (χ0v) is 22.5. The molecular weight excluding hydrogens is 488 g/mol. The third-order valence-corrected chi connectivity index (χ3v) is 8.22. The molecule has 3 aromatic rings. The van der Waals surface area contributed by atoms with Crippen LogP contribution in [0.3, 0.4) is 0 Å². The lowest BCUT2D eigenvalue weighted by Crippen LogP contribution is -2.40. The van der Waals surface area contributed by atoms with E-state index in [-0.39, 0.29) is 11.6 Å². The van der Waals surface area contributed by atoms with Crippen molar-refractivity contribution in [1.82, 2.24) is 30.0 Å². The molecule has 1 fully saturated rings. The maximum atomic E-state index is 14.5. The summed E-state index contributed by atoms with van der Waals surface area (Å²) in [6.45, 7) is 7.98. The molecule has 6 rings (SSSR count). The second-order valence-electron chi connectivity index (χ2n) is 10.9. The van der Waals surface area contributed by atoms with E-state index in [1.807, 2.05) is 37.8 Å². The average molecular weight is 526 g/mol. The Balaban J connectivity index is 1.45. The molecule has 2 aromatic heterocycles. The highest BCUT2D eigenvalue weighted by Gasteiger charge is 2.33. The van der Waals surface area contributed by atoms with Crippen molar-refractivity contribution in [3.05, 3.63) is 46.9 Å². The molecule has 0 atom stereocenters. The van der Waals surface area contributed by atoms with E-state index < -0.39 is 6.43 Å². The van der Waals surface area contributed by atoms with Crippen molar-refractivity contribution in [3.8, 4) is 11.1 Å². The van der Waals surface area contributed by atoms with Gasteiger partial charge in [0.1, 0.15) is 0 Å². The van der Waals surface area contributed by atoms with Gasteiger partial charge in [0.05, 0.1) is 12.2 Å². The predicted molar refractivity (Wildman–Crippen MR) is 143 cm³/mol. The molecule has 0 amide bonds. The van der Waals surface area contributed by atoms with Crippen molar-refractivity contribution < 1.29 is 13.5 Å². The first-order chi connectivity index (χ1) is 18.4. The number of nitrogens with one attached hydrogen (secondary N) is 1. The lowest BCUT2D eigenvalue weighted by atomic mass is 9.92. The summed E-state index contributed by atoms with van der Waals surface area (Å²) < 4.78 is 38.7. The van der Waals surface area contributed by atoms with Gasteiger partial charge in [-0.1, -0.05) is 0 Å². The summed E-state index contributed by atoms with van der Waals surface area (Å²) in [5.41, 5.74) is 9.07. The van der Waals surface area contributed by atoms with Crippen LogP contribution in [0.4, 0.5) is 20.3 Å². The van der Waals surface area contributed by atoms with E-state index in [9.17, 15) is 8.78 Å². The van der Waals surface area contributed by atoms with Crippen LogP contribution in [0.5, 0.6) is 0 Å². The standard InChI is InChI=1S/C28H37F2N7O/c1-18(2)36-16-20(15-32-36)22-13-19-5-4-9-35(26(19)14-23(22)27(29)30)28-24-17-34(31-3)10-6-25(24)37(33-28)21-7-11-38-12-8-21/h13-16,18,21,27,31H,4-12,17H2,1-3H3. The van der Waals surface area contributed by atoms with Crippen LogP contribution in [-0.4, -0.2) is 57.9 Å². The molecule has 0 radical (unpaired) electrons. The van der Waals surface area contributed by atoms with Crippen LogP contribution < -0.4 is 10.3 Å². The number of anilines is 2. The highest BCUT2D eigenvalue weighted by molar-refractivity contribution is 5.77. The van der Waals surface area contributed by atoms with E-state index in [0.717, 1.165) is 87.6 Å². The van der Waals surface area contributed by atoms with Crippen LogP contribution in [0.25, 0.3) is 11.1 Å². The van der Waals surface area contributed by atoms with Crippen LogP contribution in [0.15, 0.2) is 24.5 Å². The second kappa shape index (κ2) is 10.4. The first kappa shape index (κ1) is 25.5. The molecule has 204 valence electrons. The van der Waals surface area contributed by atoms with Gasteiger partial charge in [-0.25, -0.2) is 13.8 Å². The fourth-order valence-corrected chi connectivity index (χ4v) is 6.13. The molecule has 0 spiro atoms. The maximum absolute atomic E-state index is 14.5. The summed E-state index contributed by atoms with van der Waals surface area (Å²) in [5, 5.41) is 11.8. The van der Waals surface area contributed by atoms with Crippen molar-refractivity contribution in [2.24, 2.45) is 0 Å². The van der Waals surface area contributed by atoms with Crippen LogP contribution in [0, 0.1) is 0 Å². The number of hydrazine groups is 1. The number of halogens is 2. The molecule has 0 aliphatic carbocycles. The van der Waals surface area contributed by atoms with Gasteiger partial charge in [-0.2, -0.15) is 10.2 Å². The van der Waals surface area contributed by atoms with Crippen LogP contribution >= 0.6 is 0 Å². The van der Waals surface area contributed by atoms with Crippen LogP contribution in [-0.2, 0) is 24.1 Å². The quantitative estimate of drug-likeness (QED) is 0.478. The number of ether oxygens (including phenoxy) is 1. The highest BCUT2D eigenvalue weighted by Crippen LogP contribution is 2.43. The molecule has 5 heterocycles. The number of alkyl halides is 2. The molecule has 38 heavy (non-hydrogen) atoms. The van der Waals surface area contributed by atoms with Gasteiger partial charge in [-0.05, 0) is 69.8 Å². The van der Waals surface area contributed by atoms with Crippen molar-refractivity contribution >= 4 is 11.5 Å². The molecular formula is C28H37F2N7O. The lowest BCUT2D eigenvalue weighted by molar-refractivity contribution is 0.0648. The minimum atomic E-state index is -2.59. The summed E-state index contributed by atoms with van der Waals surface area (Å²) in [6, 6.07) is 4.15. The molecule has 1 N–H and O–H groups in total. The average Bonchev–Trinajstić information content (AvgIpc) is 3.58. The Morgan fingerprint density at radius 1 is 1.11 bits per heavy atom. The van der Waals surface area contributed by atoms with Gasteiger partial charge in [-0.15, -0.1) is 0 Å². The first-order valence-corrected chi connectivity index (χ1v) is 13.8. The normalized spacial score (nSPS) is 18.9. The van der Waals surface area contributed by atoms with Crippen molar-refractivity contribution in [3.63, 3.8) is 0 Å². The Hall–Kier alpha value is -2.82. The predicted octanol–water partition coefficient (Wildman–Crippen LogP) is 5.19. The van der Waals surface area contributed by atoms with Crippen molar-refractivity contribution in [2.45, 2.75) is 71.0 Å². The summed E-state index contributed by atoms with van der Waals surface area (Å²) in [7, 11) is 1.95. The molecule has 1 aromatic carbocycles. The molecule has 10 heteroatoms. The number of rotatable bonds is 6. The van der Waals surface area contributed by atoms with Crippen molar-refractivity contribution in [1.29, 1.82) is 0 Å². The second-order valence-corrected chi connectivity index (χ2v) is 10.9. The van der Waals surface area contributed by atoms with E-state index in [1.165, 1.54) is 11.3 Å². The first-order valence-electron chi connectivity index (χ1n) is 13.8. The van der Waals surface area contributed by atoms with Gasteiger partial charge < -0.3 is 9.64 Å². The minimum absolute atomic E-state index is 0.0496. The molecule has 0 saturated carbocycles. The largest absolute Gasteiger partial charge is 0.381 e. The van der Waals surface area contributed by atoms with Gasteiger partial charge >= 0.3 is 0 Å². The SMILES string of the molecule is CNN1CCc2c(c(N3CCCc4cc(-c5cnn(C(C)C)c5)c(C(F)F)cc43)nn2C2CCOCC2)C1. The number of nitrogens with zero attached hydrogens (tertiary/aromatic N) is 6. The third kappa shape index (κ3) is 4.52. The number of benzene rings is 1. The van der Waals surface area contributed by atoms with Gasteiger partial charge in [0.25, 0.3) is 6.43 Å². The Kier molecular flexibility index (Phi) is 6.96. The molecule has 0 bridgehead atoms. The number of aromatic nitrogens is 4. The summed E-state index contributed by atoms with van der Waals surface area (Å²) >= 11 is 0. The number of aryl methyl sites for hydroxylation is 1. The fraction of sp³-hybridized carbons (Fsp3) is 0.571. The van der Waals surface area contributed by atoms with E-state index in [1.54, 1.807) is 12.3 Å².